The Morgan fingerprint density at radius 3 is 2.64 bits per heavy atom. The number of anilines is 2. The number of pyridine rings is 1. The van der Waals surface area contributed by atoms with Gasteiger partial charge in [0, 0.05) is 23.7 Å². The van der Waals surface area contributed by atoms with Crippen LogP contribution >= 0.6 is 0 Å². The summed E-state index contributed by atoms with van der Waals surface area (Å²) in [6.07, 6.45) is 3.41. The molecule has 2 N–H and O–H groups in total. The van der Waals surface area contributed by atoms with Crippen molar-refractivity contribution in [3.8, 4) is 22.9 Å². The molecule has 0 spiro atoms. The van der Waals surface area contributed by atoms with Crippen molar-refractivity contribution in [3.63, 3.8) is 0 Å². The van der Waals surface area contributed by atoms with Gasteiger partial charge in [-0.2, -0.15) is 4.98 Å². The number of hydrogen-bond donors (Lipinski definition) is 2. The highest BCUT2D eigenvalue weighted by Crippen LogP contribution is 2.37. The molecule has 1 atom stereocenters. The van der Waals surface area contributed by atoms with Crippen molar-refractivity contribution in [1.29, 1.82) is 0 Å². The summed E-state index contributed by atoms with van der Waals surface area (Å²) < 4.78 is 12.8. The molecule has 1 aliphatic heterocycles. The van der Waals surface area contributed by atoms with Crippen LogP contribution < -0.4 is 20.1 Å². The van der Waals surface area contributed by atoms with Gasteiger partial charge in [0.1, 0.15) is 17.5 Å². The van der Waals surface area contributed by atoms with Crippen LogP contribution in [0.15, 0.2) is 84.3 Å². The first-order chi connectivity index (χ1) is 17.6. The molecular weight excluding hydrogens is 456 g/mol. The fraction of sp³-hybridized carbons (Fsp3) is 0.185. The van der Waals surface area contributed by atoms with E-state index in [0.29, 0.717) is 41.1 Å². The number of allylic oxidation sites excluding steroid dienone is 1. The Labute approximate surface area is 208 Å². The molecule has 9 nitrogen and oxygen atoms in total. The van der Waals surface area contributed by atoms with E-state index < -0.39 is 6.04 Å². The second-order valence-electron chi connectivity index (χ2n) is 8.17. The van der Waals surface area contributed by atoms with E-state index in [4.69, 9.17) is 14.6 Å². The highest BCUT2D eigenvalue weighted by atomic mass is 16.5. The van der Waals surface area contributed by atoms with E-state index in [2.05, 4.69) is 20.6 Å². The zero-order chi connectivity index (χ0) is 25.1. The van der Waals surface area contributed by atoms with Crippen molar-refractivity contribution in [2.24, 2.45) is 0 Å². The number of aromatic nitrogens is 4. The predicted octanol–water partition coefficient (Wildman–Crippen LogP) is 4.68. The Morgan fingerprint density at radius 1 is 1.11 bits per heavy atom. The highest BCUT2D eigenvalue weighted by Gasteiger charge is 2.34. The Hall–Kier alpha value is -4.66. The summed E-state index contributed by atoms with van der Waals surface area (Å²) in [6.45, 7) is 4.37. The third kappa shape index (κ3) is 4.38. The van der Waals surface area contributed by atoms with Crippen LogP contribution in [0.4, 0.5) is 11.6 Å². The van der Waals surface area contributed by atoms with Crippen LogP contribution in [-0.4, -0.2) is 39.4 Å². The maximum Gasteiger partial charge on any atom is 0.255 e. The minimum absolute atomic E-state index is 0.271. The molecule has 1 amide bonds. The van der Waals surface area contributed by atoms with Gasteiger partial charge in [0.25, 0.3) is 5.91 Å². The third-order valence-corrected chi connectivity index (χ3v) is 5.88. The molecule has 2 aromatic heterocycles. The standard InChI is InChI=1S/C27H26N6O3/c1-4-36-20-13-11-18(12-14-20)24-23(26(34)30-21-9-5-6-10-22(21)35-3)17(2)29-27-31-25(32-33(24)27)19-8-7-15-28-16-19/h5-16,24H,4H2,1-3H3,(H,30,34)(H,29,31,32). The molecular formula is C27H26N6O3. The lowest BCUT2D eigenvalue weighted by Crippen LogP contribution is -2.31. The number of nitrogens with one attached hydrogen (secondary N) is 2. The molecule has 2 aromatic carbocycles. The summed E-state index contributed by atoms with van der Waals surface area (Å²) in [5.74, 6) is 2.11. The van der Waals surface area contributed by atoms with Crippen molar-refractivity contribution in [2.45, 2.75) is 19.9 Å². The Morgan fingerprint density at radius 2 is 1.92 bits per heavy atom. The third-order valence-electron chi connectivity index (χ3n) is 5.88. The molecule has 0 bridgehead atoms. The molecule has 182 valence electrons. The first-order valence-corrected chi connectivity index (χ1v) is 11.6. The first kappa shape index (κ1) is 23.1. The molecule has 0 fully saturated rings. The highest BCUT2D eigenvalue weighted by molar-refractivity contribution is 6.06. The number of hydrogen-bond acceptors (Lipinski definition) is 7. The molecule has 1 unspecified atom stereocenters. The average Bonchev–Trinajstić information content (AvgIpc) is 3.33. The first-order valence-electron chi connectivity index (χ1n) is 11.6. The van der Waals surface area contributed by atoms with Crippen LogP contribution in [0, 0.1) is 0 Å². The number of carbonyl (C=O) groups excluding carboxylic acids is 1. The lowest BCUT2D eigenvalue weighted by atomic mass is 9.95. The monoisotopic (exact) mass is 482 g/mol. The van der Waals surface area contributed by atoms with Crippen molar-refractivity contribution in [1.82, 2.24) is 19.7 Å². The lowest BCUT2D eigenvalue weighted by molar-refractivity contribution is -0.113. The number of benzene rings is 2. The van der Waals surface area contributed by atoms with E-state index in [9.17, 15) is 4.79 Å². The van der Waals surface area contributed by atoms with Crippen molar-refractivity contribution in [3.05, 3.63) is 89.9 Å². The van der Waals surface area contributed by atoms with Gasteiger partial charge in [0.15, 0.2) is 5.82 Å². The van der Waals surface area contributed by atoms with Crippen LogP contribution in [0.5, 0.6) is 11.5 Å². The van der Waals surface area contributed by atoms with Crippen molar-refractivity contribution in [2.75, 3.05) is 24.4 Å². The molecule has 3 heterocycles. The van der Waals surface area contributed by atoms with Gasteiger partial charge >= 0.3 is 0 Å². The van der Waals surface area contributed by atoms with E-state index >= 15 is 0 Å². The minimum Gasteiger partial charge on any atom is -0.495 e. The number of fused-ring (bicyclic) bond motifs is 1. The summed E-state index contributed by atoms with van der Waals surface area (Å²) in [4.78, 5) is 22.6. The zero-order valence-corrected chi connectivity index (χ0v) is 20.2. The van der Waals surface area contributed by atoms with E-state index in [0.717, 1.165) is 16.9 Å². The quantitative estimate of drug-likeness (QED) is 0.394. The van der Waals surface area contributed by atoms with Gasteiger partial charge in [-0.25, -0.2) is 4.68 Å². The predicted molar refractivity (Wildman–Crippen MR) is 137 cm³/mol. The van der Waals surface area contributed by atoms with Crippen molar-refractivity contribution < 1.29 is 14.3 Å². The minimum atomic E-state index is -0.524. The normalized spacial score (nSPS) is 14.6. The fourth-order valence-electron chi connectivity index (χ4n) is 4.22. The maximum atomic E-state index is 13.7. The number of para-hydroxylation sites is 2. The summed E-state index contributed by atoms with van der Waals surface area (Å²) in [5, 5.41) is 11.0. The number of carbonyl (C=O) groups is 1. The topological polar surface area (TPSA) is 103 Å². The summed E-state index contributed by atoms with van der Waals surface area (Å²) in [6, 6.07) is 18.2. The average molecular weight is 483 g/mol. The largest absolute Gasteiger partial charge is 0.495 e. The molecule has 0 saturated carbocycles. The lowest BCUT2D eigenvalue weighted by Gasteiger charge is -2.29. The van der Waals surface area contributed by atoms with Crippen LogP contribution in [0.2, 0.25) is 0 Å². The van der Waals surface area contributed by atoms with Gasteiger partial charge in [0.2, 0.25) is 5.95 Å². The van der Waals surface area contributed by atoms with E-state index in [1.165, 1.54) is 0 Å². The molecule has 0 radical (unpaired) electrons. The summed E-state index contributed by atoms with van der Waals surface area (Å²) in [5.41, 5.74) is 3.42. The molecule has 0 aliphatic carbocycles. The SMILES string of the molecule is CCOc1ccc(C2C(C(=O)Nc3ccccc3OC)=C(C)Nc3nc(-c4cccnc4)nn32)cc1. The van der Waals surface area contributed by atoms with E-state index in [1.54, 1.807) is 36.3 Å². The fourth-order valence-corrected chi connectivity index (χ4v) is 4.22. The van der Waals surface area contributed by atoms with Gasteiger partial charge in [-0.3, -0.25) is 9.78 Å². The zero-order valence-electron chi connectivity index (χ0n) is 20.2. The second-order valence-corrected chi connectivity index (χ2v) is 8.17. The van der Waals surface area contributed by atoms with Crippen LogP contribution in [0.1, 0.15) is 25.5 Å². The molecule has 5 rings (SSSR count). The molecule has 0 saturated heterocycles. The van der Waals surface area contributed by atoms with Gasteiger partial charge in [-0.1, -0.05) is 24.3 Å². The summed E-state index contributed by atoms with van der Waals surface area (Å²) in [7, 11) is 1.57. The number of methoxy groups -OCH3 is 1. The van der Waals surface area contributed by atoms with Crippen LogP contribution in [0.25, 0.3) is 11.4 Å². The number of rotatable bonds is 7. The Bertz CT molecular complexity index is 1410. The Balaban J connectivity index is 1.58. The van der Waals surface area contributed by atoms with Gasteiger partial charge in [-0.15, -0.1) is 5.10 Å². The van der Waals surface area contributed by atoms with E-state index in [1.807, 2.05) is 62.4 Å². The molecule has 4 aromatic rings. The second kappa shape index (κ2) is 9.91. The smallest absolute Gasteiger partial charge is 0.255 e. The number of ether oxygens (including phenoxy) is 2. The van der Waals surface area contributed by atoms with Gasteiger partial charge in [0.05, 0.1) is 25.0 Å². The molecule has 36 heavy (non-hydrogen) atoms. The number of amides is 1. The van der Waals surface area contributed by atoms with Gasteiger partial charge in [-0.05, 0) is 55.8 Å². The molecule has 1 aliphatic rings. The van der Waals surface area contributed by atoms with E-state index in [-0.39, 0.29) is 5.91 Å². The molecule has 9 heteroatoms. The Kier molecular flexibility index (Phi) is 6.36. The number of nitrogens with zero attached hydrogens (tertiary/aromatic N) is 4. The van der Waals surface area contributed by atoms with Crippen LogP contribution in [-0.2, 0) is 4.79 Å². The summed E-state index contributed by atoms with van der Waals surface area (Å²) >= 11 is 0. The van der Waals surface area contributed by atoms with Crippen molar-refractivity contribution >= 4 is 17.5 Å². The maximum absolute atomic E-state index is 13.7. The van der Waals surface area contributed by atoms with Crippen LogP contribution in [0.3, 0.4) is 0 Å². The van der Waals surface area contributed by atoms with Gasteiger partial charge < -0.3 is 20.1 Å².